The van der Waals surface area contributed by atoms with Crippen LogP contribution in [0.4, 0.5) is 5.69 Å². The van der Waals surface area contributed by atoms with Gasteiger partial charge in [-0.3, -0.25) is 9.59 Å². The maximum absolute atomic E-state index is 13.2. The van der Waals surface area contributed by atoms with Gasteiger partial charge in [-0.15, -0.1) is 4.31 Å². The third-order valence-corrected chi connectivity index (χ3v) is 10.1. The molecule has 3 aliphatic rings. The highest BCUT2D eigenvalue weighted by Crippen LogP contribution is 2.39. The molecule has 1 unspecified atom stereocenters. The summed E-state index contributed by atoms with van der Waals surface area (Å²) in [7, 11) is -3.47. The first-order chi connectivity index (χ1) is 15.9. The number of hydrogen-bond donors (Lipinski definition) is 1. The van der Waals surface area contributed by atoms with E-state index >= 15 is 0 Å². The molecule has 176 valence electrons. The number of carbonyl (C=O) groups is 2. The minimum atomic E-state index is -3.47. The van der Waals surface area contributed by atoms with Crippen molar-refractivity contribution in [2.45, 2.75) is 41.9 Å². The predicted octanol–water partition coefficient (Wildman–Crippen LogP) is 3.15. The summed E-state index contributed by atoms with van der Waals surface area (Å²) < 4.78 is 33.6. The lowest BCUT2D eigenvalue weighted by molar-refractivity contribution is -0.140. The number of carbonyl (C=O) groups excluding carboxylic acids is 2. The Bertz CT molecular complexity index is 1070. The summed E-state index contributed by atoms with van der Waals surface area (Å²) in [6, 6.07) is 10.8. The summed E-state index contributed by atoms with van der Waals surface area (Å²) >= 11 is 1.22. The van der Waals surface area contributed by atoms with Crippen molar-refractivity contribution >= 4 is 39.2 Å². The lowest BCUT2D eigenvalue weighted by Crippen LogP contribution is -2.53. The molecule has 2 aromatic rings. The lowest BCUT2D eigenvalue weighted by atomic mass is 9.86. The number of benzene rings is 1. The highest BCUT2D eigenvalue weighted by Gasteiger charge is 2.44. The topological polar surface area (TPSA) is 102 Å². The fraction of sp³-hybridized carbons (Fsp3) is 0.478. The Morgan fingerprint density at radius 3 is 2.55 bits per heavy atom. The molecule has 0 bridgehead atoms. The van der Waals surface area contributed by atoms with Crippen molar-refractivity contribution in [2.75, 3.05) is 31.5 Å². The van der Waals surface area contributed by atoms with Crippen LogP contribution in [0.5, 0.6) is 5.75 Å². The fourth-order valence-electron chi connectivity index (χ4n) is 4.97. The molecule has 3 aliphatic heterocycles. The second-order valence-corrected chi connectivity index (χ2v) is 12.1. The molecule has 2 saturated heterocycles. The number of nitrogens with zero attached hydrogens (tertiary/aromatic N) is 2. The number of likely N-dealkylation sites (tertiary alicyclic amines) is 1. The summed E-state index contributed by atoms with van der Waals surface area (Å²) in [6.07, 6.45) is 2.50. The average Bonchev–Trinajstić information content (AvgIpc) is 3.32. The first-order valence-corrected chi connectivity index (χ1v) is 13.6. The number of sulfonamides is 1. The van der Waals surface area contributed by atoms with E-state index in [-0.39, 0.29) is 24.2 Å². The summed E-state index contributed by atoms with van der Waals surface area (Å²) in [5.41, 5.74) is 0.0770. The molecule has 1 atom stereocenters. The molecular weight excluding hydrogens is 462 g/mol. The van der Waals surface area contributed by atoms with E-state index in [4.69, 9.17) is 4.74 Å². The quantitative estimate of drug-likeness (QED) is 0.668. The van der Waals surface area contributed by atoms with Crippen molar-refractivity contribution in [1.29, 1.82) is 0 Å². The second kappa shape index (κ2) is 8.83. The Morgan fingerprint density at radius 2 is 1.85 bits per heavy atom. The number of ether oxygens (including phenoxy) is 1. The standard InChI is InChI=1S/C23H27N3O5S2/c27-20-16-23(31-19-5-2-1-4-18(19)24-20)9-13-25(14-10-23)22(28)17-7-11-26(12-8-17)33(29,30)21-6-3-15-32-21/h1-6,15,17H,7-14,16H2,(H-,24,27,29,30). The third-order valence-electron chi connectivity index (χ3n) is 6.85. The number of amides is 2. The Labute approximate surface area is 198 Å². The van der Waals surface area contributed by atoms with Gasteiger partial charge in [-0.25, -0.2) is 0 Å². The molecule has 8 nitrogen and oxygen atoms in total. The van der Waals surface area contributed by atoms with Crippen molar-refractivity contribution in [2.24, 2.45) is 5.92 Å². The normalized spacial score (nSPS) is 23.2. The number of para-hydroxylation sites is 2. The van der Waals surface area contributed by atoms with Crippen LogP contribution >= 0.6 is 11.3 Å². The van der Waals surface area contributed by atoms with Crippen molar-refractivity contribution in [3.63, 3.8) is 0 Å². The summed E-state index contributed by atoms with van der Waals surface area (Å²) in [6.45, 7) is 1.77. The average molecular weight is 490 g/mol. The van der Waals surface area contributed by atoms with E-state index in [1.54, 1.807) is 17.5 Å². The molecule has 4 heterocycles. The SMILES string of the molecule is O=C1CC2(CCN(C(=O)C3CCN([S+](=O)([O-])c4cccs4)CC3)CC2)Oc2ccccc2N1. The minimum absolute atomic E-state index is 0.0703. The first-order valence-electron chi connectivity index (χ1n) is 11.3. The smallest absolute Gasteiger partial charge is 0.229 e. The fourth-order valence-corrected chi connectivity index (χ4v) is 7.58. The molecule has 1 aromatic carbocycles. The summed E-state index contributed by atoms with van der Waals surface area (Å²) in [5.74, 6) is 0.505. The largest absolute Gasteiger partial charge is 0.592 e. The molecule has 0 aliphatic carbocycles. The van der Waals surface area contributed by atoms with Crippen LogP contribution in [0.3, 0.4) is 0 Å². The van der Waals surface area contributed by atoms with Gasteiger partial charge in [-0.1, -0.05) is 27.7 Å². The van der Waals surface area contributed by atoms with Gasteiger partial charge in [0.1, 0.15) is 11.4 Å². The van der Waals surface area contributed by atoms with E-state index < -0.39 is 16.0 Å². The highest BCUT2D eigenvalue weighted by molar-refractivity contribution is 7.97. The Kier molecular flexibility index (Phi) is 6.02. The number of anilines is 1. The third kappa shape index (κ3) is 4.44. The van der Waals surface area contributed by atoms with Crippen LogP contribution in [0.25, 0.3) is 0 Å². The van der Waals surface area contributed by atoms with Crippen LogP contribution in [0.2, 0.25) is 0 Å². The molecule has 2 amide bonds. The molecule has 2 fully saturated rings. The number of nitrogens with one attached hydrogen (secondary N) is 1. The Balaban J connectivity index is 1.19. The predicted molar refractivity (Wildman–Crippen MR) is 125 cm³/mol. The van der Waals surface area contributed by atoms with Crippen LogP contribution in [-0.2, 0) is 24.2 Å². The van der Waals surface area contributed by atoms with E-state index in [0.29, 0.717) is 67.5 Å². The van der Waals surface area contributed by atoms with Gasteiger partial charge >= 0.3 is 0 Å². The maximum Gasteiger partial charge on any atom is 0.229 e. The van der Waals surface area contributed by atoms with Crippen LogP contribution in [-0.4, -0.2) is 57.4 Å². The molecule has 33 heavy (non-hydrogen) atoms. The van der Waals surface area contributed by atoms with Gasteiger partial charge in [0.15, 0.2) is 10.4 Å². The van der Waals surface area contributed by atoms with Crippen molar-refractivity contribution in [1.82, 2.24) is 9.21 Å². The van der Waals surface area contributed by atoms with Crippen LogP contribution < -0.4 is 10.1 Å². The van der Waals surface area contributed by atoms with Crippen LogP contribution in [0, 0.1) is 5.92 Å². The second-order valence-electron chi connectivity index (χ2n) is 8.94. The number of thiophene rings is 1. The molecule has 5 rings (SSSR count). The van der Waals surface area contributed by atoms with Crippen molar-refractivity contribution in [3.05, 3.63) is 41.8 Å². The monoisotopic (exact) mass is 489 g/mol. The first kappa shape index (κ1) is 22.5. The van der Waals surface area contributed by atoms with Gasteiger partial charge in [0.05, 0.1) is 12.1 Å². The van der Waals surface area contributed by atoms with Gasteiger partial charge in [0.2, 0.25) is 16.0 Å². The van der Waals surface area contributed by atoms with Gasteiger partial charge in [-0.2, -0.15) is 0 Å². The van der Waals surface area contributed by atoms with Crippen LogP contribution in [0.1, 0.15) is 32.1 Å². The van der Waals surface area contributed by atoms with Crippen molar-refractivity contribution < 1.29 is 23.1 Å². The van der Waals surface area contributed by atoms with E-state index in [1.807, 2.05) is 29.2 Å². The van der Waals surface area contributed by atoms with E-state index in [0.717, 1.165) is 0 Å². The van der Waals surface area contributed by atoms with Crippen molar-refractivity contribution in [3.8, 4) is 5.75 Å². The Morgan fingerprint density at radius 1 is 1.12 bits per heavy atom. The molecule has 0 saturated carbocycles. The van der Waals surface area contributed by atoms with Gasteiger partial charge in [0, 0.05) is 51.0 Å². The zero-order chi connectivity index (χ0) is 23.1. The molecule has 1 N–H and O–H groups in total. The number of piperidine rings is 2. The van der Waals surface area contributed by atoms with E-state index in [2.05, 4.69) is 5.32 Å². The van der Waals surface area contributed by atoms with E-state index in [1.165, 1.54) is 15.6 Å². The molecular formula is C23H27N3O5S2. The number of rotatable bonds is 3. The maximum atomic E-state index is 13.2. The molecule has 1 spiro atoms. The molecule has 1 aromatic heterocycles. The van der Waals surface area contributed by atoms with E-state index in [9.17, 15) is 18.4 Å². The Hall–Kier alpha value is -2.27. The zero-order valence-corrected chi connectivity index (χ0v) is 19.9. The van der Waals surface area contributed by atoms with Gasteiger partial charge in [-0.05, 0) is 36.4 Å². The minimum Gasteiger partial charge on any atom is -0.592 e. The zero-order valence-electron chi connectivity index (χ0n) is 18.2. The number of hydrogen-bond acceptors (Lipinski definition) is 6. The van der Waals surface area contributed by atoms with Crippen LogP contribution in [0.15, 0.2) is 46.0 Å². The van der Waals surface area contributed by atoms with Gasteiger partial charge < -0.3 is 19.5 Å². The van der Waals surface area contributed by atoms with Gasteiger partial charge in [0.25, 0.3) is 0 Å². The lowest BCUT2D eigenvalue weighted by Gasteiger charge is -2.42. The summed E-state index contributed by atoms with van der Waals surface area (Å²) in [4.78, 5) is 27.5. The highest BCUT2D eigenvalue weighted by atomic mass is 32.3. The summed E-state index contributed by atoms with van der Waals surface area (Å²) in [5, 5.41) is 4.66. The molecule has 10 heteroatoms. The number of fused-ring (bicyclic) bond motifs is 1. The molecule has 0 radical (unpaired) electrons.